The van der Waals surface area contributed by atoms with Crippen molar-refractivity contribution in [3.8, 4) is 0 Å². The molecule has 6 nitrogen and oxygen atoms in total. The Morgan fingerprint density at radius 1 is 1.00 bits per heavy atom. The molecule has 2 aliphatic rings. The van der Waals surface area contributed by atoms with Crippen LogP contribution in [0.4, 0.5) is 17.1 Å². The lowest BCUT2D eigenvalue weighted by Crippen LogP contribution is -2.40. The maximum atomic E-state index is 11.9. The number of pyridine rings is 1. The minimum Gasteiger partial charge on any atom is -0.377 e. The molecule has 6 heteroatoms. The molecule has 4 rings (SSSR count). The highest BCUT2D eigenvalue weighted by Crippen LogP contribution is 2.46. The van der Waals surface area contributed by atoms with Crippen molar-refractivity contribution in [2.24, 2.45) is 11.8 Å². The zero-order chi connectivity index (χ0) is 15.3. The molecule has 22 heavy (non-hydrogen) atoms. The molecule has 114 valence electrons. The fourth-order valence-electron chi connectivity index (χ4n) is 3.00. The van der Waals surface area contributed by atoms with E-state index in [0.717, 1.165) is 0 Å². The fourth-order valence-corrected chi connectivity index (χ4v) is 3.00. The summed E-state index contributed by atoms with van der Waals surface area (Å²) in [4.78, 5) is 37.9. The van der Waals surface area contributed by atoms with Crippen LogP contribution in [0.5, 0.6) is 0 Å². The number of nitrogens with one attached hydrogen (secondary N) is 3. The molecule has 0 spiro atoms. The second-order valence-electron chi connectivity index (χ2n) is 6.29. The topological polar surface area (TPSA) is 91.1 Å². The highest BCUT2D eigenvalue weighted by Gasteiger charge is 2.42. The molecule has 2 saturated carbocycles. The van der Waals surface area contributed by atoms with Gasteiger partial charge in [-0.15, -0.1) is 0 Å². The highest BCUT2D eigenvalue weighted by atomic mass is 16.2. The Kier molecular flexibility index (Phi) is 2.92. The number of aromatic nitrogens is 1. The maximum absolute atomic E-state index is 11.9. The van der Waals surface area contributed by atoms with E-state index in [1.807, 2.05) is 0 Å². The van der Waals surface area contributed by atoms with Gasteiger partial charge in [0.1, 0.15) is 17.1 Å². The molecule has 1 aromatic carbocycles. The summed E-state index contributed by atoms with van der Waals surface area (Å²) in [6, 6.07) is 3.54. The summed E-state index contributed by atoms with van der Waals surface area (Å²) < 4.78 is 0. The summed E-state index contributed by atoms with van der Waals surface area (Å²) in [6.07, 6.45) is 6.26. The van der Waals surface area contributed by atoms with Gasteiger partial charge in [0.05, 0.1) is 0 Å². The number of rotatable bonds is 6. The van der Waals surface area contributed by atoms with Crippen molar-refractivity contribution in [2.75, 3.05) is 10.6 Å². The molecule has 3 N–H and O–H groups in total. The first-order valence-electron chi connectivity index (χ1n) is 7.69. The number of hydrogen-bond acceptors (Lipinski definition) is 5. The van der Waals surface area contributed by atoms with Gasteiger partial charge in [-0.2, -0.15) is 0 Å². The van der Waals surface area contributed by atoms with Crippen LogP contribution in [0, 0.1) is 11.8 Å². The van der Waals surface area contributed by atoms with Crippen molar-refractivity contribution >= 4 is 17.1 Å². The molecule has 0 bridgehead atoms. The summed E-state index contributed by atoms with van der Waals surface area (Å²) in [5.41, 5.74) is -0.531. The lowest BCUT2D eigenvalue weighted by Gasteiger charge is -2.22. The Morgan fingerprint density at radius 3 is 2.23 bits per heavy atom. The van der Waals surface area contributed by atoms with E-state index < -0.39 is 10.9 Å². The standard InChI is InChI=1S/C16H17N3O3/c20-14-12(18-10-2-1-7-17-16(10)22)13(15(14)21)19-11(8-3-4-8)9-5-6-9/h1-2,7-9,11,18-19H,3-6H2,(H,17,22). The smallest absolute Gasteiger partial charge is 0.271 e. The molecule has 0 radical (unpaired) electrons. The summed E-state index contributed by atoms with van der Waals surface area (Å²) in [7, 11) is 0. The number of anilines is 3. The first-order chi connectivity index (χ1) is 10.6. The Hall–Kier alpha value is -2.37. The molecule has 2 aromatic rings. The van der Waals surface area contributed by atoms with Gasteiger partial charge in [-0.3, -0.25) is 14.4 Å². The first kappa shape index (κ1) is 13.3. The van der Waals surface area contributed by atoms with Crippen LogP contribution in [0.15, 0.2) is 32.7 Å². The average Bonchev–Trinajstić information content (AvgIpc) is 3.40. The Bertz CT molecular complexity index is 827. The molecule has 0 aliphatic heterocycles. The van der Waals surface area contributed by atoms with Crippen LogP contribution in [0.3, 0.4) is 0 Å². The SMILES string of the molecule is O=c1[nH]cccc1Nc1c(NC(C2CC2)C2CC2)c(=O)c1=O. The Morgan fingerprint density at radius 2 is 1.64 bits per heavy atom. The molecule has 0 amide bonds. The van der Waals surface area contributed by atoms with E-state index in [0.29, 0.717) is 17.5 Å². The van der Waals surface area contributed by atoms with Gasteiger partial charge in [0, 0.05) is 12.2 Å². The van der Waals surface area contributed by atoms with Crippen LogP contribution in [-0.2, 0) is 0 Å². The van der Waals surface area contributed by atoms with Gasteiger partial charge < -0.3 is 15.6 Å². The van der Waals surface area contributed by atoms with Crippen molar-refractivity contribution in [3.63, 3.8) is 0 Å². The molecular formula is C16H17N3O3. The minimum absolute atomic E-state index is 0.216. The minimum atomic E-state index is -0.559. The molecule has 0 unspecified atom stereocenters. The summed E-state index contributed by atoms with van der Waals surface area (Å²) in [5.74, 6) is 1.23. The largest absolute Gasteiger partial charge is 0.377 e. The molecule has 0 atom stereocenters. The van der Waals surface area contributed by atoms with Crippen molar-refractivity contribution in [2.45, 2.75) is 31.7 Å². The third-order valence-corrected chi connectivity index (χ3v) is 4.56. The Labute approximate surface area is 126 Å². The lowest BCUT2D eigenvalue weighted by atomic mass is 10.1. The number of hydrogen-bond donors (Lipinski definition) is 3. The van der Waals surface area contributed by atoms with Crippen LogP contribution >= 0.6 is 0 Å². The third-order valence-electron chi connectivity index (χ3n) is 4.56. The van der Waals surface area contributed by atoms with Crippen LogP contribution in [-0.4, -0.2) is 11.0 Å². The zero-order valence-corrected chi connectivity index (χ0v) is 12.0. The fraction of sp³-hybridized carbons (Fsp3) is 0.438. The molecule has 2 fully saturated rings. The predicted molar refractivity (Wildman–Crippen MR) is 84.6 cm³/mol. The quantitative estimate of drug-likeness (QED) is 0.700. The van der Waals surface area contributed by atoms with E-state index in [4.69, 9.17) is 0 Å². The summed E-state index contributed by atoms with van der Waals surface area (Å²) in [6.45, 7) is 0. The highest BCUT2D eigenvalue weighted by molar-refractivity contribution is 5.78. The van der Waals surface area contributed by atoms with E-state index in [1.54, 1.807) is 12.1 Å². The summed E-state index contributed by atoms with van der Waals surface area (Å²) >= 11 is 0. The van der Waals surface area contributed by atoms with Crippen LogP contribution in [0.1, 0.15) is 25.7 Å². The maximum Gasteiger partial charge on any atom is 0.271 e. The molecular weight excluding hydrogens is 282 g/mol. The van der Waals surface area contributed by atoms with E-state index in [1.165, 1.54) is 31.9 Å². The van der Waals surface area contributed by atoms with E-state index >= 15 is 0 Å². The van der Waals surface area contributed by atoms with Gasteiger partial charge in [-0.1, -0.05) is 0 Å². The summed E-state index contributed by atoms with van der Waals surface area (Å²) in [5, 5.41) is 6.09. The molecule has 1 heterocycles. The van der Waals surface area contributed by atoms with E-state index in [2.05, 4.69) is 15.6 Å². The molecule has 2 aliphatic carbocycles. The van der Waals surface area contributed by atoms with Crippen molar-refractivity contribution in [1.29, 1.82) is 0 Å². The second kappa shape index (κ2) is 4.83. The van der Waals surface area contributed by atoms with Gasteiger partial charge >= 0.3 is 0 Å². The van der Waals surface area contributed by atoms with Gasteiger partial charge in [-0.25, -0.2) is 0 Å². The van der Waals surface area contributed by atoms with Crippen LogP contribution in [0.2, 0.25) is 0 Å². The number of H-pyrrole nitrogens is 1. The second-order valence-corrected chi connectivity index (χ2v) is 6.29. The van der Waals surface area contributed by atoms with Crippen molar-refractivity contribution in [3.05, 3.63) is 49.1 Å². The lowest BCUT2D eigenvalue weighted by molar-refractivity contribution is 0.567. The number of aromatic amines is 1. The average molecular weight is 299 g/mol. The van der Waals surface area contributed by atoms with Crippen molar-refractivity contribution < 1.29 is 0 Å². The first-order valence-corrected chi connectivity index (χ1v) is 7.69. The predicted octanol–water partition coefficient (Wildman–Crippen LogP) is 1.31. The van der Waals surface area contributed by atoms with E-state index in [-0.39, 0.29) is 23.0 Å². The molecule has 1 aromatic heterocycles. The van der Waals surface area contributed by atoms with E-state index in [9.17, 15) is 14.4 Å². The van der Waals surface area contributed by atoms with Gasteiger partial charge in [-0.05, 0) is 49.7 Å². The van der Waals surface area contributed by atoms with Crippen LogP contribution < -0.4 is 27.1 Å². The zero-order valence-electron chi connectivity index (χ0n) is 12.0. The van der Waals surface area contributed by atoms with Gasteiger partial charge in [0.2, 0.25) is 0 Å². The molecule has 0 saturated heterocycles. The van der Waals surface area contributed by atoms with Gasteiger partial charge in [0.15, 0.2) is 0 Å². The van der Waals surface area contributed by atoms with Crippen LogP contribution in [0.25, 0.3) is 0 Å². The monoisotopic (exact) mass is 299 g/mol. The van der Waals surface area contributed by atoms with Gasteiger partial charge in [0.25, 0.3) is 16.4 Å². The Balaban J connectivity index is 1.60. The van der Waals surface area contributed by atoms with Crippen molar-refractivity contribution in [1.82, 2.24) is 4.98 Å². The third kappa shape index (κ3) is 2.24. The normalized spacial score (nSPS) is 17.9.